The summed E-state index contributed by atoms with van der Waals surface area (Å²) < 4.78 is 6.84. The Bertz CT molecular complexity index is 583. The van der Waals surface area contributed by atoms with Crippen molar-refractivity contribution in [1.82, 2.24) is 9.47 Å². The highest BCUT2D eigenvalue weighted by Gasteiger charge is 2.15. The number of carbonyl (C=O) groups excluding carboxylic acids is 1. The van der Waals surface area contributed by atoms with E-state index in [1.807, 2.05) is 6.07 Å². The molecule has 1 aromatic heterocycles. The average Bonchev–Trinajstić information content (AvgIpc) is 2.85. The molecular formula is C16H21N3O2. The molecule has 1 heterocycles. The highest BCUT2D eigenvalue weighted by atomic mass is 16.5. The van der Waals surface area contributed by atoms with E-state index in [1.54, 1.807) is 24.7 Å². The van der Waals surface area contributed by atoms with Gasteiger partial charge in [0, 0.05) is 13.2 Å². The first-order valence-corrected chi connectivity index (χ1v) is 7.00. The fourth-order valence-electron chi connectivity index (χ4n) is 1.83. The topological polar surface area (TPSA) is 58.3 Å². The van der Waals surface area contributed by atoms with Gasteiger partial charge < -0.3 is 9.30 Å². The molecule has 1 aromatic rings. The quantitative estimate of drug-likeness (QED) is 0.612. The lowest BCUT2D eigenvalue weighted by Crippen LogP contribution is -2.23. The largest absolute Gasteiger partial charge is 0.445 e. The highest BCUT2D eigenvalue weighted by molar-refractivity contribution is 5.88. The summed E-state index contributed by atoms with van der Waals surface area (Å²) in [5.41, 5.74) is 0.786. The molecule has 0 radical (unpaired) electrons. The molecule has 1 atom stereocenters. The van der Waals surface area contributed by atoms with Gasteiger partial charge >= 0.3 is 5.97 Å². The maximum Gasteiger partial charge on any atom is 0.356 e. The van der Waals surface area contributed by atoms with Crippen LogP contribution in [-0.2, 0) is 11.8 Å². The van der Waals surface area contributed by atoms with Crippen LogP contribution in [-0.4, -0.2) is 41.2 Å². The monoisotopic (exact) mass is 287 g/mol. The van der Waals surface area contributed by atoms with E-state index < -0.39 is 12.1 Å². The van der Waals surface area contributed by atoms with Crippen LogP contribution in [0.4, 0.5) is 0 Å². The molecule has 0 saturated carbocycles. The lowest BCUT2D eigenvalue weighted by Gasteiger charge is -2.13. The first kappa shape index (κ1) is 16.8. The van der Waals surface area contributed by atoms with Crippen LogP contribution in [0.1, 0.15) is 36.8 Å². The van der Waals surface area contributed by atoms with Crippen molar-refractivity contribution in [3.8, 4) is 17.9 Å². The number of carbonyl (C=O) groups is 1. The zero-order valence-electron chi connectivity index (χ0n) is 13.0. The molecule has 1 rings (SSSR count). The van der Waals surface area contributed by atoms with Crippen LogP contribution in [0.2, 0.25) is 0 Å². The summed E-state index contributed by atoms with van der Waals surface area (Å²) in [7, 11) is 1.70. The fraction of sp³-hybridized carbons (Fsp3) is 0.500. The van der Waals surface area contributed by atoms with Crippen molar-refractivity contribution in [2.45, 2.75) is 26.9 Å². The molecule has 0 saturated heterocycles. The third-order valence-corrected chi connectivity index (χ3v) is 3.13. The van der Waals surface area contributed by atoms with E-state index in [2.05, 4.69) is 30.6 Å². The van der Waals surface area contributed by atoms with E-state index in [4.69, 9.17) is 10.00 Å². The molecule has 112 valence electrons. The Kier molecular flexibility index (Phi) is 6.52. The van der Waals surface area contributed by atoms with Crippen molar-refractivity contribution >= 4 is 5.97 Å². The number of esters is 1. The molecule has 0 spiro atoms. The van der Waals surface area contributed by atoms with E-state index in [0.717, 1.165) is 13.1 Å². The van der Waals surface area contributed by atoms with E-state index >= 15 is 0 Å². The molecule has 0 unspecified atom stereocenters. The number of aryl methyl sites for hydroxylation is 1. The minimum atomic E-state index is -0.478. The lowest BCUT2D eigenvalue weighted by molar-refractivity contribution is 0.0427. The minimum Gasteiger partial charge on any atom is -0.445 e. The Morgan fingerprint density at radius 1 is 1.48 bits per heavy atom. The zero-order chi connectivity index (χ0) is 15.8. The van der Waals surface area contributed by atoms with Crippen molar-refractivity contribution < 1.29 is 9.53 Å². The standard InChI is InChI=1S/C16H21N3O2/c1-5-19(6-2)9-7-8-13(3)21-16(20)15-10-14(11-17)12-18(15)4/h10,12-13H,5-6,9H2,1-4H3/t13-/m1/s1. The SMILES string of the molecule is CCN(CC)CC#C[C@@H](C)OC(=O)c1cc(C#N)cn1C. The first-order chi connectivity index (χ1) is 10.0. The van der Waals surface area contributed by atoms with Crippen LogP contribution < -0.4 is 0 Å². The predicted molar refractivity (Wildman–Crippen MR) is 80.6 cm³/mol. The Morgan fingerprint density at radius 3 is 2.67 bits per heavy atom. The second-order valence-electron chi connectivity index (χ2n) is 4.67. The van der Waals surface area contributed by atoms with Crippen molar-refractivity contribution in [3.05, 3.63) is 23.5 Å². The minimum absolute atomic E-state index is 0.351. The summed E-state index contributed by atoms with van der Waals surface area (Å²) in [5.74, 6) is 5.46. The zero-order valence-corrected chi connectivity index (χ0v) is 13.0. The molecular weight excluding hydrogens is 266 g/mol. The number of ether oxygens (including phenoxy) is 1. The van der Waals surface area contributed by atoms with Gasteiger partial charge in [-0.3, -0.25) is 4.90 Å². The maximum atomic E-state index is 12.0. The van der Waals surface area contributed by atoms with Crippen LogP contribution in [0.3, 0.4) is 0 Å². The maximum absolute atomic E-state index is 12.0. The van der Waals surface area contributed by atoms with Crippen LogP contribution in [0.15, 0.2) is 12.3 Å². The van der Waals surface area contributed by atoms with Crippen molar-refractivity contribution in [3.63, 3.8) is 0 Å². The number of nitriles is 1. The normalized spacial score (nSPS) is 11.4. The molecule has 5 nitrogen and oxygen atoms in total. The smallest absolute Gasteiger partial charge is 0.356 e. The summed E-state index contributed by atoms with van der Waals surface area (Å²) in [6.07, 6.45) is 1.11. The molecule has 0 bridgehead atoms. The third kappa shape index (κ3) is 4.98. The highest BCUT2D eigenvalue weighted by Crippen LogP contribution is 2.08. The molecule has 5 heteroatoms. The van der Waals surface area contributed by atoms with E-state index in [9.17, 15) is 4.79 Å². The van der Waals surface area contributed by atoms with Gasteiger partial charge in [0.1, 0.15) is 11.8 Å². The summed E-state index contributed by atoms with van der Waals surface area (Å²) in [6.45, 7) is 8.45. The number of hydrogen-bond acceptors (Lipinski definition) is 4. The van der Waals surface area contributed by atoms with Gasteiger partial charge in [0.15, 0.2) is 6.10 Å². The van der Waals surface area contributed by atoms with Crippen LogP contribution in [0, 0.1) is 23.2 Å². The summed E-state index contributed by atoms with van der Waals surface area (Å²) in [6, 6.07) is 3.51. The lowest BCUT2D eigenvalue weighted by atomic mass is 10.3. The number of rotatable bonds is 5. The Balaban J connectivity index is 2.60. The van der Waals surface area contributed by atoms with E-state index in [-0.39, 0.29) is 0 Å². The van der Waals surface area contributed by atoms with Gasteiger partial charge in [-0.15, -0.1) is 0 Å². The van der Waals surface area contributed by atoms with Crippen molar-refractivity contribution in [2.75, 3.05) is 19.6 Å². The molecule has 21 heavy (non-hydrogen) atoms. The van der Waals surface area contributed by atoms with E-state index in [0.29, 0.717) is 17.8 Å². The van der Waals surface area contributed by atoms with Gasteiger partial charge in [0.2, 0.25) is 0 Å². The predicted octanol–water partition coefficient (Wildman–Crippen LogP) is 1.79. The van der Waals surface area contributed by atoms with Crippen LogP contribution in [0.5, 0.6) is 0 Å². The summed E-state index contributed by atoms with van der Waals surface area (Å²) in [4.78, 5) is 14.2. The van der Waals surface area contributed by atoms with Gasteiger partial charge in [0.25, 0.3) is 0 Å². The molecule has 0 aromatic carbocycles. The molecule has 0 aliphatic carbocycles. The van der Waals surface area contributed by atoms with E-state index in [1.165, 1.54) is 6.07 Å². The third-order valence-electron chi connectivity index (χ3n) is 3.13. The van der Waals surface area contributed by atoms with Crippen molar-refractivity contribution in [2.24, 2.45) is 7.05 Å². The summed E-state index contributed by atoms with van der Waals surface area (Å²) in [5, 5.41) is 8.81. The Morgan fingerprint density at radius 2 is 2.14 bits per heavy atom. The molecule has 0 aliphatic heterocycles. The molecule has 0 N–H and O–H groups in total. The number of aromatic nitrogens is 1. The first-order valence-electron chi connectivity index (χ1n) is 7.00. The second-order valence-corrected chi connectivity index (χ2v) is 4.67. The number of hydrogen-bond donors (Lipinski definition) is 0. The van der Waals surface area contributed by atoms with Crippen LogP contribution >= 0.6 is 0 Å². The fourth-order valence-corrected chi connectivity index (χ4v) is 1.83. The molecule has 0 fully saturated rings. The van der Waals surface area contributed by atoms with Gasteiger partial charge in [-0.05, 0) is 26.1 Å². The van der Waals surface area contributed by atoms with Gasteiger partial charge in [-0.2, -0.15) is 5.26 Å². The Hall–Kier alpha value is -2.24. The summed E-state index contributed by atoms with van der Waals surface area (Å²) >= 11 is 0. The molecule has 0 aliphatic rings. The van der Waals surface area contributed by atoms with Gasteiger partial charge in [-0.1, -0.05) is 25.7 Å². The average molecular weight is 287 g/mol. The van der Waals surface area contributed by atoms with Crippen molar-refractivity contribution in [1.29, 1.82) is 5.26 Å². The Labute approximate surface area is 126 Å². The van der Waals surface area contributed by atoms with Gasteiger partial charge in [-0.25, -0.2) is 4.79 Å². The second kappa shape index (κ2) is 8.14. The number of nitrogens with zero attached hydrogens (tertiary/aromatic N) is 3. The molecule has 0 amide bonds. The van der Waals surface area contributed by atoms with Crippen LogP contribution in [0.25, 0.3) is 0 Å². The van der Waals surface area contributed by atoms with Gasteiger partial charge in [0.05, 0.1) is 12.1 Å².